The number of hydrogen-bond acceptors (Lipinski definition) is 2. The predicted molar refractivity (Wildman–Crippen MR) is 113 cm³/mol. The molecule has 1 heterocycles. The summed E-state index contributed by atoms with van der Waals surface area (Å²) in [5.41, 5.74) is 4.87. The summed E-state index contributed by atoms with van der Waals surface area (Å²) in [5, 5.41) is 3.36. The summed E-state index contributed by atoms with van der Waals surface area (Å²) in [6.07, 6.45) is 0. The fraction of sp³-hybridized carbons (Fsp3) is 0.0476. The van der Waals surface area contributed by atoms with Crippen molar-refractivity contribution >= 4 is 50.2 Å². The zero-order valence-electron chi connectivity index (χ0n) is 14.4. The number of para-hydroxylation sites is 2. The number of imidazole rings is 1. The van der Waals surface area contributed by atoms with Crippen molar-refractivity contribution in [2.24, 2.45) is 0 Å². The van der Waals surface area contributed by atoms with E-state index in [9.17, 15) is 4.79 Å². The number of benzene rings is 3. The van der Waals surface area contributed by atoms with Crippen LogP contribution in [0.1, 0.15) is 15.9 Å². The number of nitrogens with one attached hydrogen (secondary N) is 2. The van der Waals surface area contributed by atoms with Crippen LogP contribution in [0, 0.1) is 6.92 Å². The summed E-state index contributed by atoms with van der Waals surface area (Å²) in [5.74, 6) is 0.511. The molecular formula is C21H15BrClN3O. The molecule has 6 heteroatoms. The first-order valence-corrected chi connectivity index (χ1v) is 9.51. The number of amides is 1. The maximum absolute atomic E-state index is 12.7. The Morgan fingerprint density at radius 3 is 2.74 bits per heavy atom. The topological polar surface area (TPSA) is 57.8 Å². The molecule has 0 aliphatic carbocycles. The van der Waals surface area contributed by atoms with Crippen LogP contribution in [0.5, 0.6) is 0 Å². The van der Waals surface area contributed by atoms with E-state index in [4.69, 9.17) is 11.6 Å². The highest BCUT2D eigenvalue weighted by molar-refractivity contribution is 9.10. The van der Waals surface area contributed by atoms with Crippen molar-refractivity contribution in [3.05, 3.63) is 81.3 Å². The van der Waals surface area contributed by atoms with Gasteiger partial charge in [-0.05, 0) is 48.9 Å². The van der Waals surface area contributed by atoms with Crippen molar-refractivity contribution in [2.75, 3.05) is 5.32 Å². The Hall–Kier alpha value is -2.63. The fourth-order valence-corrected chi connectivity index (χ4v) is 3.53. The molecule has 0 radical (unpaired) electrons. The minimum absolute atomic E-state index is 0.258. The first-order chi connectivity index (χ1) is 13.0. The third-order valence-corrected chi connectivity index (χ3v) is 5.22. The smallest absolute Gasteiger partial charge is 0.257 e. The van der Waals surface area contributed by atoms with Gasteiger partial charge in [0.05, 0.1) is 21.6 Å². The summed E-state index contributed by atoms with van der Waals surface area (Å²) in [7, 11) is 0. The lowest BCUT2D eigenvalue weighted by Gasteiger charge is -2.12. The average Bonchev–Trinajstić information content (AvgIpc) is 3.09. The zero-order valence-corrected chi connectivity index (χ0v) is 16.7. The standard InChI is InChI=1S/C21H15BrClN3O/c1-12-14(20-24-18-6-2-3-7-19(18)25-20)5-4-8-17(12)26-21(27)15-11-13(22)9-10-16(15)23/h2-11H,1H3,(H,24,25)(H,26,27). The lowest BCUT2D eigenvalue weighted by Crippen LogP contribution is -2.13. The van der Waals surface area contributed by atoms with Gasteiger partial charge in [-0.15, -0.1) is 0 Å². The highest BCUT2D eigenvalue weighted by Gasteiger charge is 2.15. The van der Waals surface area contributed by atoms with E-state index in [2.05, 4.69) is 31.2 Å². The first kappa shape index (κ1) is 17.8. The SMILES string of the molecule is Cc1c(NC(=O)c2cc(Br)ccc2Cl)cccc1-c1nc2ccccc2[nH]1. The maximum Gasteiger partial charge on any atom is 0.257 e. The molecule has 0 unspecified atom stereocenters. The number of aromatic amines is 1. The molecule has 2 N–H and O–H groups in total. The van der Waals surface area contributed by atoms with Crippen LogP contribution < -0.4 is 5.32 Å². The lowest BCUT2D eigenvalue weighted by atomic mass is 10.1. The van der Waals surface area contributed by atoms with E-state index in [-0.39, 0.29) is 5.91 Å². The predicted octanol–water partition coefficient (Wildman–Crippen LogP) is 6.21. The van der Waals surface area contributed by atoms with Crippen LogP contribution in [0.25, 0.3) is 22.4 Å². The largest absolute Gasteiger partial charge is 0.338 e. The minimum atomic E-state index is -0.258. The van der Waals surface area contributed by atoms with Crippen molar-refractivity contribution in [1.82, 2.24) is 9.97 Å². The van der Waals surface area contributed by atoms with Crippen LogP contribution in [0.2, 0.25) is 5.02 Å². The molecule has 27 heavy (non-hydrogen) atoms. The van der Waals surface area contributed by atoms with Crippen molar-refractivity contribution in [1.29, 1.82) is 0 Å². The number of rotatable bonds is 3. The molecule has 1 aromatic heterocycles. The Balaban J connectivity index is 1.69. The van der Waals surface area contributed by atoms with Gasteiger partial charge in [-0.25, -0.2) is 4.98 Å². The second kappa shape index (κ2) is 7.18. The van der Waals surface area contributed by atoms with E-state index in [1.54, 1.807) is 18.2 Å². The summed E-state index contributed by atoms with van der Waals surface area (Å²) >= 11 is 9.55. The molecule has 4 nitrogen and oxygen atoms in total. The van der Waals surface area contributed by atoms with E-state index in [1.807, 2.05) is 49.4 Å². The third kappa shape index (κ3) is 3.48. The Bertz CT molecular complexity index is 1140. The number of hydrogen-bond donors (Lipinski definition) is 2. The number of H-pyrrole nitrogens is 1. The second-order valence-corrected chi connectivity index (χ2v) is 7.48. The van der Waals surface area contributed by atoms with Crippen LogP contribution in [0.3, 0.4) is 0 Å². The molecule has 4 aromatic rings. The monoisotopic (exact) mass is 439 g/mol. The number of anilines is 1. The highest BCUT2D eigenvalue weighted by atomic mass is 79.9. The minimum Gasteiger partial charge on any atom is -0.338 e. The van der Waals surface area contributed by atoms with Gasteiger partial charge >= 0.3 is 0 Å². The van der Waals surface area contributed by atoms with Gasteiger partial charge in [0.25, 0.3) is 5.91 Å². The molecule has 4 rings (SSSR count). The molecule has 134 valence electrons. The molecule has 3 aromatic carbocycles. The van der Waals surface area contributed by atoms with Crippen LogP contribution in [-0.2, 0) is 0 Å². The summed E-state index contributed by atoms with van der Waals surface area (Å²) in [4.78, 5) is 20.7. The number of nitrogens with zero attached hydrogens (tertiary/aromatic N) is 1. The molecule has 0 fully saturated rings. The quantitative estimate of drug-likeness (QED) is 0.398. The molecule has 0 bridgehead atoms. The van der Waals surface area contributed by atoms with Crippen LogP contribution in [0.15, 0.2) is 65.1 Å². The van der Waals surface area contributed by atoms with E-state index < -0.39 is 0 Å². The van der Waals surface area contributed by atoms with Gasteiger partial charge in [0.2, 0.25) is 0 Å². The van der Waals surface area contributed by atoms with Crippen molar-refractivity contribution in [3.63, 3.8) is 0 Å². The molecule has 0 saturated carbocycles. The van der Waals surface area contributed by atoms with Gasteiger partial charge in [0.1, 0.15) is 5.82 Å². The molecular weight excluding hydrogens is 426 g/mol. The summed E-state index contributed by atoms with van der Waals surface area (Å²) in [6.45, 7) is 1.96. The van der Waals surface area contributed by atoms with E-state index >= 15 is 0 Å². The number of carbonyl (C=O) groups excluding carboxylic acids is 1. The first-order valence-electron chi connectivity index (χ1n) is 8.34. The molecule has 0 atom stereocenters. The zero-order chi connectivity index (χ0) is 19.0. The molecule has 0 spiro atoms. The molecule has 0 saturated heterocycles. The molecule has 0 aliphatic rings. The second-order valence-electron chi connectivity index (χ2n) is 6.16. The number of carbonyl (C=O) groups is 1. The molecule has 1 amide bonds. The van der Waals surface area contributed by atoms with Crippen LogP contribution in [-0.4, -0.2) is 15.9 Å². The Kier molecular flexibility index (Phi) is 4.72. The Labute approximate surface area is 169 Å². The normalized spacial score (nSPS) is 10.9. The lowest BCUT2D eigenvalue weighted by molar-refractivity contribution is 0.102. The highest BCUT2D eigenvalue weighted by Crippen LogP contribution is 2.29. The maximum atomic E-state index is 12.7. The summed E-state index contributed by atoms with van der Waals surface area (Å²) < 4.78 is 0.796. The number of fused-ring (bicyclic) bond motifs is 1. The van der Waals surface area contributed by atoms with Gasteiger partial charge in [-0.2, -0.15) is 0 Å². The summed E-state index contributed by atoms with van der Waals surface area (Å²) in [6, 6.07) is 18.8. The van der Waals surface area contributed by atoms with Gasteiger partial charge in [-0.1, -0.05) is 51.8 Å². The number of aromatic nitrogens is 2. The van der Waals surface area contributed by atoms with E-state index in [1.165, 1.54) is 0 Å². The average molecular weight is 441 g/mol. The van der Waals surface area contributed by atoms with Crippen molar-refractivity contribution in [2.45, 2.75) is 6.92 Å². The van der Waals surface area contributed by atoms with E-state index in [0.717, 1.165) is 32.5 Å². The third-order valence-electron chi connectivity index (χ3n) is 4.40. The van der Waals surface area contributed by atoms with E-state index in [0.29, 0.717) is 16.3 Å². The van der Waals surface area contributed by atoms with Gasteiger partial charge < -0.3 is 10.3 Å². The molecule has 0 aliphatic heterocycles. The fourth-order valence-electron chi connectivity index (χ4n) is 2.97. The number of halogens is 2. The van der Waals surface area contributed by atoms with Crippen molar-refractivity contribution < 1.29 is 4.79 Å². The van der Waals surface area contributed by atoms with Gasteiger partial charge in [0.15, 0.2) is 0 Å². The Morgan fingerprint density at radius 2 is 1.93 bits per heavy atom. The van der Waals surface area contributed by atoms with Crippen molar-refractivity contribution in [3.8, 4) is 11.4 Å². The Morgan fingerprint density at radius 1 is 1.11 bits per heavy atom. The van der Waals surface area contributed by atoms with Crippen LogP contribution >= 0.6 is 27.5 Å². The van der Waals surface area contributed by atoms with Gasteiger partial charge in [0, 0.05) is 15.7 Å². The van der Waals surface area contributed by atoms with Gasteiger partial charge in [-0.3, -0.25) is 4.79 Å². The van der Waals surface area contributed by atoms with Crippen LogP contribution in [0.4, 0.5) is 5.69 Å².